The van der Waals surface area contributed by atoms with Gasteiger partial charge in [-0.15, -0.1) is 0 Å². The number of hydrogen-bond donors (Lipinski definition) is 2. The number of aliphatic hydroxyl groups excluding tert-OH is 1. The van der Waals surface area contributed by atoms with E-state index in [1.165, 1.54) is 5.56 Å². The van der Waals surface area contributed by atoms with E-state index in [1.54, 1.807) is 0 Å². The van der Waals surface area contributed by atoms with Gasteiger partial charge in [0.15, 0.2) is 0 Å². The number of hydrogen-bond acceptors (Lipinski definition) is 2. The molecule has 0 atom stereocenters. The zero-order chi connectivity index (χ0) is 13.1. The van der Waals surface area contributed by atoms with E-state index < -0.39 is 0 Å². The Bertz CT molecular complexity index is 714. The average molecular weight is 250 g/mol. The van der Waals surface area contributed by atoms with Crippen molar-refractivity contribution in [2.45, 2.75) is 6.61 Å². The standard InChI is InChI=1S/C16H14N2O/c19-11-16-17-14-9-8-13(10-15(14)18-16)7-6-12-4-2-1-3-5-12/h1-10,19H,11H2,(H,17,18). The quantitative estimate of drug-likeness (QED) is 0.701. The summed E-state index contributed by atoms with van der Waals surface area (Å²) in [4.78, 5) is 7.35. The fraction of sp³-hybridized carbons (Fsp3) is 0.0625. The van der Waals surface area contributed by atoms with Gasteiger partial charge in [0, 0.05) is 0 Å². The van der Waals surface area contributed by atoms with E-state index in [0.717, 1.165) is 16.6 Å². The molecule has 3 rings (SSSR count). The van der Waals surface area contributed by atoms with Gasteiger partial charge >= 0.3 is 0 Å². The van der Waals surface area contributed by atoms with Gasteiger partial charge in [0.2, 0.25) is 0 Å². The third-order valence-electron chi connectivity index (χ3n) is 2.97. The molecule has 0 fully saturated rings. The first-order valence-corrected chi connectivity index (χ1v) is 6.18. The van der Waals surface area contributed by atoms with Gasteiger partial charge in [-0.2, -0.15) is 0 Å². The van der Waals surface area contributed by atoms with Gasteiger partial charge in [-0.05, 0) is 23.3 Å². The van der Waals surface area contributed by atoms with E-state index in [1.807, 2.05) is 36.4 Å². The van der Waals surface area contributed by atoms with Crippen molar-refractivity contribution < 1.29 is 5.11 Å². The second kappa shape index (κ2) is 5.08. The molecule has 94 valence electrons. The van der Waals surface area contributed by atoms with Crippen LogP contribution in [-0.4, -0.2) is 15.1 Å². The van der Waals surface area contributed by atoms with E-state index in [9.17, 15) is 0 Å². The van der Waals surface area contributed by atoms with Crippen molar-refractivity contribution in [1.82, 2.24) is 9.97 Å². The van der Waals surface area contributed by atoms with Crippen LogP contribution in [0.4, 0.5) is 0 Å². The summed E-state index contributed by atoms with van der Waals surface area (Å²) in [7, 11) is 0. The lowest BCUT2D eigenvalue weighted by atomic mass is 10.1. The second-order valence-corrected chi connectivity index (χ2v) is 4.36. The molecule has 0 aliphatic heterocycles. The van der Waals surface area contributed by atoms with E-state index in [-0.39, 0.29) is 6.61 Å². The Hall–Kier alpha value is -2.39. The van der Waals surface area contributed by atoms with Gasteiger partial charge in [-0.3, -0.25) is 0 Å². The zero-order valence-corrected chi connectivity index (χ0v) is 10.4. The number of nitrogens with zero attached hydrogens (tertiary/aromatic N) is 1. The Labute approximate surface area is 111 Å². The monoisotopic (exact) mass is 250 g/mol. The van der Waals surface area contributed by atoms with Crippen LogP contribution in [0.2, 0.25) is 0 Å². The number of imidazole rings is 1. The molecular formula is C16H14N2O. The van der Waals surface area contributed by atoms with Crippen LogP contribution in [-0.2, 0) is 6.61 Å². The molecule has 2 N–H and O–H groups in total. The lowest BCUT2D eigenvalue weighted by molar-refractivity contribution is 0.273. The third kappa shape index (κ3) is 2.56. The summed E-state index contributed by atoms with van der Waals surface area (Å²) >= 11 is 0. The molecule has 2 aromatic carbocycles. The van der Waals surface area contributed by atoms with Crippen LogP contribution in [0, 0.1) is 0 Å². The van der Waals surface area contributed by atoms with E-state index in [2.05, 4.69) is 34.3 Å². The van der Waals surface area contributed by atoms with Crippen molar-refractivity contribution in [2.75, 3.05) is 0 Å². The minimum atomic E-state index is -0.0656. The number of rotatable bonds is 3. The topological polar surface area (TPSA) is 48.9 Å². The Morgan fingerprint density at radius 2 is 1.79 bits per heavy atom. The third-order valence-corrected chi connectivity index (χ3v) is 2.97. The predicted molar refractivity (Wildman–Crippen MR) is 77.4 cm³/mol. The average Bonchev–Trinajstić information content (AvgIpc) is 2.88. The lowest BCUT2D eigenvalue weighted by Gasteiger charge is -1.94. The number of aromatic amines is 1. The van der Waals surface area contributed by atoms with Crippen molar-refractivity contribution in [1.29, 1.82) is 0 Å². The number of benzene rings is 2. The first kappa shape index (κ1) is 11.7. The fourth-order valence-corrected chi connectivity index (χ4v) is 2.02. The minimum Gasteiger partial charge on any atom is -0.388 e. The maximum Gasteiger partial charge on any atom is 0.133 e. The molecule has 0 radical (unpaired) electrons. The summed E-state index contributed by atoms with van der Waals surface area (Å²) in [5.74, 6) is 0.596. The molecule has 0 unspecified atom stereocenters. The molecule has 0 aliphatic rings. The molecular weight excluding hydrogens is 236 g/mol. The number of aromatic nitrogens is 2. The summed E-state index contributed by atoms with van der Waals surface area (Å²) in [5, 5.41) is 9.05. The van der Waals surface area contributed by atoms with Gasteiger partial charge in [0.25, 0.3) is 0 Å². The molecule has 3 heteroatoms. The lowest BCUT2D eigenvalue weighted by Crippen LogP contribution is -1.83. The van der Waals surface area contributed by atoms with Crippen LogP contribution < -0.4 is 0 Å². The van der Waals surface area contributed by atoms with E-state index in [4.69, 9.17) is 5.11 Å². The molecule has 3 nitrogen and oxygen atoms in total. The Balaban J connectivity index is 1.91. The Morgan fingerprint density at radius 1 is 1.00 bits per heavy atom. The largest absolute Gasteiger partial charge is 0.388 e. The van der Waals surface area contributed by atoms with Crippen LogP contribution in [0.3, 0.4) is 0 Å². The van der Waals surface area contributed by atoms with Crippen molar-refractivity contribution in [2.24, 2.45) is 0 Å². The molecule has 0 aliphatic carbocycles. The van der Waals surface area contributed by atoms with Crippen molar-refractivity contribution in [3.8, 4) is 0 Å². The number of H-pyrrole nitrogens is 1. The van der Waals surface area contributed by atoms with Gasteiger partial charge in [0.05, 0.1) is 11.0 Å². The molecule has 0 saturated carbocycles. The molecule has 0 bridgehead atoms. The van der Waals surface area contributed by atoms with E-state index >= 15 is 0 Å². The first-order valence-electron chi connectivity index (χ1n) is 6.18. The maximum atomic E-state index is 9.05. The number of aliphatic hydroxyl groups is 1. The molecule has 1 aromatic heterocycles. The summed E-state index contributed by atoms with van der Waals surface area (Å²) in [6, 6.07) is 16.2. The van der Waals surface area contributed by atoms with Gasteiger partial charge < -0.3 is 10.1 Å². The SMILES string of the molecule is OCc1nc2ccc(C=Cc3ccccc3)cc2[nH]1. The zero-order valence-electron chi connectivity index (χ0n) is 10.4. The highest BCUT2D eigenvalue weighted by Crippen LogP contribution is 2.16. The van der Waals surface area contributed by atoms with Crippen LogP contribution in [0.15, 0.2) is 48.5 Å². The Kier molecular flexibility index (Phi) is 3.12. The maximum absolute atomic E-state index is 9.05. The molecule has 1 heterocycles. The summed E-state index contributed by atoms with van der Waals surface area (Å²) in [6.07, 6.45) is 4.14. The van der Waals surface area contributed by atoms with E-state index in [0.29, 0.717) is 5.82 Å². The smallest absolute Gasteiger partial charge is 0.133 e. The van der Waals surface area contributed by atoms with Gasteiger partial charge in [-0.25, -0.2) is 4.98 Å². The van der Waals surface area contributed by atoms with Crippen LogP contribution in [0.5, 0.6) is 0 Å². The van der Waals surface area contributed by atoms with Crippen molar-refractivity contribution in [3.05, 3.63) is 65.5 Å². The predicted octanol–water partition coefficient (Wildman–Crippen LogP) is 3.23. The summed E-state index contributed by atoms with van der Waals surface area (Å²) in [5.41, 5.74) is 4.09. The van der Waals surface area contributed by atoms with Crippen LogP contribution in [0.1, 0.15) is 17.0 Å². The van der Waals surface area contributed by atoms with Gasteiger partial charge in [-0.1, -0.05) is 48.6 Å². The van der Waals surface area contributed by atoms with Crippen molar-refractivity contribution >= 4 is 23.2 Å². The van der Waals surface area contributed by atoms with Crippen LogP contribution in [0.25, 0.3) is 23.2 Å². The molecule has 19 heavy (non-hydrogen) atoms. The highest BCUT2D eigenvalue weighted by molar-refractivity contribution is 5.80. The highest BCUT2D eigenvalue weighted by Gasteiger charge is 2.01. The number of fused-ring (bicyclic) bond motifs is 1. The fourth-order valence-electron chi connectivity index (χ4n) is 2.02. The van der Waals surface area contributed by atoms with Gasteiger partial charge in [0.1, 0.15) is 12.4 Å². The molecule has 0 spiro atoms. The highest BCUT2D eigenvalue weighted by atomic mass is 16.3. The molecule has 0 amide bonds. The molecule has 3 aromatic rings. The second-order valence-electron chi connectivity index (χ2n) is 4.36. The van der Waals surface area contributed by atoms with Crippen molar-refractivity contribution in [3.63, 3.8) is 0 Å². The Morgan fingerprint density at radius 3 is 2.58 bits per heavy atom. The summed E-state index contributed by atoms with van der Waals surface area (Å²) < 4.78 is 0. The summed E-state index contributed by atoms with van der Waals surface area (Å²) in [6.45, 7) is -0.0656. The molecule has 0 saturated heterocycles. The first-order chi connectivity index (χ1) is 9.35. The van der Waals surface area contributed by atoms with Crippen LogP contribution >= 0.6 is 0 Å². The normalized spacial score (nSPS) is 11.4. The minimum absolute atomic E-state index is 0.0656. The number of nitrogens with one attached hydrogen (secondary N) is 1.